The summed E-state index contributed by atoms with van der Waals surface area (Å²) in [4.78, 5) is 13.9. The maximum atomic E-state index is 11.7. The molecule has 1 aliphatic rings. The Morgan fingerprint density at radius 3 is 2.76 bits per heavy atom. The van der Waals surface area contributed by atoms with E-state index in [1.54, 1.807) is 10.7 Å². The highest BCUT2D eigenvalue weighted by molar-refractivity contribution is 5.96. The van der Waals surface area contributed by atoms with Gasteiger partial charge in [0.15, 0.2) is 5.82 Å². The van der Waals surface area contributed by atoms with Gasteiger partial charge in [0.05, 0.1) is 12.2 Å². The van der Waals surface area contributed by atoms with Crippen LogP contribution in [0.15, 0.2) is 48.5 Å². The van der Waals surface area contributed by atoms with Crippen LogP contribution in [-0.4, -0.2) is 32.7 Å². The Hall–Kier alpha value is -3.22. The first-order chi connectivity index (χ1) is 12.2. The molecule has 0 atom stereocenters. The van der Waals surface area contributed by atoms with Crippen LogP contribution in [0.1, 0.15) is 28.2 Å². The fourth-order valence-corrected chi connectivity index (χ4v) is 3.34. The second-order valence-electron chi connectivity index (χ2n) is 6.04. The van der Waals surface area contributed by atoms with Crippen LogP contribution in [0.2, 0.25) is 0 Å². The average Bonchev–Trinajstić information content (AvgIpc) is 3.10. The lowest BCUT2D eigenvalue weighted by Crippen LogP contribution is -2.31. The van der Waals surface area contributed by atoms with Crippen molar-refractivity contribution in [3.63, 3.8) is 0 Å². The van der Waals surface area contributed by atoms with Gasteiger partial charge in [-0.05, 0) is 53.1 Å². The van der Waals surface area contributed by atoms with Crippen molar-refractivity contribution in [2.24, 2.45) is 5.73 Å². The minimum atomic E-state index is -0.382. The topological polar surface area (TPSA) is 89.9 Å². The number of hydrogen-bond acceptors (Lipinski definition) is 5. The predicted molar refractivity (Wildman–Crippen MR) is 93.5 cm³/mol. The van der Waals surface area contributed by atoms with E-state index < -0.39 is 0 Å². The third kappa shape index (κ3) is 2.84. The first-order valence-corrected chi connectivity index (χ1v) is 8.23. The molecule has 3 aromatic rings. The van der Waals surface area contributed by atoms with Crippen molar-refractivity contribution in [2.75, 3.05) is 11.4 Å². The van der Waals surface area contributed by atoms with Crippen LogP contribution in [0.3, 0.4) is 0 Å². The van der Waals surface area contributed by atoms with Crippen LogP contribution in [-0.2, 0) is 13.0 Å². The first-order valence-electron chi connectivity index (χ1n) is 8.23. The number of aromatic nitrogens is 4. The largest absolute Gasteiger partial charge is 0.366 e. The fraction of sp³-hybridized carbons (Fsp3) is 0.222. The Morgan fingerprint density at radius 2 is 1.96 bits per heavy atom. The number of carbonyl (C=O) groups is 1. The normalized spacial score (nSPS) is 13.5. The minimum absolute atomic E-state index is 0.382. The number of hydrogen-bond donors (Lipinski definition) is 1. The summed E-state index contributed by atoms with van der Waals surface area (Å²) >= 11 is 0. The Kier molecular flexibility index (Phi) is 3.89. The van der Waals surface area contributed by atoms with Gasteiger partial charge in [0.2, 0.25) is 5.91 Å². The summed E-state index contributed by atoms with van der Waals surface area (Å²) in [6.07, 6.45) is 1.82. The average molecular weight is 334 g/mol. The number of amides is 1. The summed E-state index contributed by atoms with van der Waals surface area (Å²) in [6, 6.07) is 15.5. The number of rotatable bonds is 4. The van der Waals surface area contributed by atoms with Crippen molar-refractivity contribution in [1.29, 1.82) is 0 Å². The number of nitrogens with zero attached hydrogens (tertiary/aromatic N) is 5. The predicted octanol–water partition coefficient (Wildman–Crippen LogP) is 1.71. The molecular formula is C18H18N6O. The van der Waals surface area contributed by atoms with Crippen LogP contribution in [0.5, 0.6) is 0 Å². The minimum Gasteiger partial charge on any atom is -0.366 e. The standard InChI is InChI=1S/C18H18N6O/c19-18(25)15-8-4-10-16-14(15)9-5-11-23(16)12-17-20-21-22-24(17)13-6-2-1-3-7-13/h1-4,6-8,10H,5,9,11-12H2,(H2,19,25). The quantitative estimate of drug-likeness (QED) is 0.784. The number of anilines is 1. The molecule has 0 spiro atoms. The van der Waals surface area contributed by atoms with Crippen LogP contribution in [0.25, 0.3) is 5.69 Å². The highest BCUT2D eigenvalue weighted by Gasteiger charge is 2.23. The molecule has 0 saturated heterocycles. The van der Waals surface area contributed by atoms with E-state index in [4.69, 9.17) is 5.73 Å². The van der Waals surface area contributed by atoms with Gasteiger partial charge in [-0.2, -0.15) is 4.68 Å². The van der Waals surface area contributed by atoms with E-state index in [-0.39, 0.29) is 5.91 Å². The number of primary amides is 1. The molecule has 4 rings (SSSR count). The van der Waals surface area contributed by atoms with Gasteiger partial charge in [-0.3, -0.25) is 4.79 Å². The second kappa shape index (κ2) is 6.35. The van der Waals surface area contributed by atoms with E-state index >= 15 is 0 Å². The Labute approximate surface area is 145 Å². The molecule has 126 valence electrons. The maximum absolute atomic E-state index is 11.7. The summed E-state index contributed by atoms with van der Waals surface area (Å²) < 4.78 is 1.74. The SMILES string of the molecule is NC(=O)c1cccc2c1CCCN2Cc1nnnn1-c1ccccc1. The van der Waals surface area contributed by atoms with Crippen LogP contribution < -0.4 is 10.6 Å². The lowest BCUT2D eigenvalue weighted by molar-refractivity contribution is 0.0999. The lowest BCUT2D eigenvalue weighted by Gasteiger charge is -2.31. The summed E-state index contributed by atoms with van der Waals surface area (Å²) in [5.41, 5.74) is 9.10. The van der Waals surface area contributed by atoms with Gasteiger partial charge in [-0.25, -0.2) is 0 Å². The number of para-hydroxylation sites is 1. The van der Waals surface area contributed by atoms with Crippen LogP contribution in [0, 0.1) is 0 Å². The smallest absolute Gasteiger partial charge is 0.249 e. The number of nitrogens with two attached hydrogens (primary N) is 1. The van der Waals surface area contributed by atoms with E-state index in [9.17, 15) is 4.79 Å². The zero-order valence-electron chi connectivity index (χ0n) is 13.7. The van der Waals surface area contributed by atoms with E-state index in [1.165, 1.54) is 0 Å². The Morgan fingerprint density at radius 1 is 1.12 bits per heavy atom. The lowest BCUT2D eigenvalue weighted by atomic mass is 9.96. The Bertz CT molecular complexity index is 905. The molecule has 0 bridgehead atoms. The summed E-state index contributed by atoms with van der Waals surface area (Å²) in [5.74, 6) is 0.372. The molecule has 2 aromatic carbocycles. The molecule has 2 heterocycles. The zero-order chi connectivity index (χ0) is 17.2. The maximum Gasteiger partial charge on any atom is 0.249 e. The highest BCUT2D eigenvalue weighted by atomic mass is 16.1. The zero-order valence-corrected chi connectivity index (χ0v) is 13.7. The van der Waals surface area contributed by atoms with Crippen molar-refractivity contribution in [2.45, 2.75) is 19.4 Å². The highest BCUT2D eigenvalue weighted by Crippen LogP contribution is 2.30. The van der Waals surface area contributed by atoms with Gasteiger partial charge in [-0.1, -0.05) is 24.3 Å². The van der Waals surface area contributed by atoms with Gasteiger partial charge in [0, 0.05) is 17.8 Å². The van der Waals surface area contributed by atoms with Crippen molar-refractivity contribution < 1.29 is 4.79 Å². The van der Waals surface area contributed by atoms with E-state index in [2.05, 4.69) is 20.4 Å². The van der Waals surface area contributed by atoms with Crippen LogP contribution >= 0.6 is 0 Å². The molecule has 0 aliphatic carbocycles. The molecule has 0 unspecified atom stereocenters. The molecule has 0 saturated carbocycles. The number of tetrazole rings is 1. The molecule has 1 aliphatic heterocycles. The van der Waals surface area contributed by atoms with Crippen molar-refractivity contribution in [1.82, 2.24) is 20.2 Å². The van der Waals surface area contributed by atoms with Crippen LogP contribution in [0.4, 0.5) is 5.69 Å². The van der Waals surface area contributed by atoms with E-state index in [0.29, 0.717) is 12.1 Å². The van der Waals surface area contributed by atoms with Gasteiger partial charge in [-0.15, -0.1) is 5.10 Å². The van der Waals surface area contributed by atoms with Gasteiger partial charge in [0.1, 0.15) is 0 Å². The first kappa shape index (κ1) is 15.3. The number of benzene rings is 2. The third-order valence-corrected chi connectivity index (χ3v) is 4.48. The summed E-state index contributed by atoms with van der Waals surface area (Å²) in [5, 5.41) is 12.1. The monoisotopic (exact) mass is 334 g/mol. The molecule has 25 heavy (non-hydrogen) atoms. The molecule has 7 nitrogen and oxygen atoms in total. The van der Waals surface area contributed by atoms with E-state index in [0.717, 1.165) is 42.1 Å². The third-order valence-electron chi connectivity index (χ3n) is 4.48. The fourth-order valence-electron chi connectivity index (χ4n) is 3.34. The summed E-state index contributed by atoms with van der Waals surface area (Å²) in [7, 11) is 0. The number of fused-ring (bicyclic) bond motifs is 1. The van der Waals surface area contributed by atoms with Crippen molar-refractivity contribution in [3.8, 4) is 5.69 Å². The molecule has 1 aromatic heterocycles. The Balaban J connectivity index is 1.68. The molecule has 0 fully saturated rings. The van der Waals surface area contributed by atoms with E-state index in [1.807, 2.05) is 42.5 Å². The van der Waals surface area contributed by atoms with Crippen molar-refractivity contribution >= 4 is 11.6 Å². The summed E-state index contributed by atoms with van der Waals surface area (Å²) in [6.45, 7) is 1.45. The van der Waals surface area contributed by atoms with Crippen molar-refractivity contribution in [3.05, 3.63) is 65.5 Å². The molecule has 0 radical (unpaired) electrons. The number of carbonyl (C=O) groups excluding carboxylic acids is 1. The molecule has 7 heteroatoms. The van der Waals surface area contributed by atoms with Gasteiger partial charge in [0.25, 0.3) is 0 Å². The molecule has 1 amide bonds. The molecular weight excluding hydrogens is 316 g/mol. The van der Waals surface area contributed by atoms with Gasteiger partial charge >= 0.3 is 0 Å². The second-order valence-corrected chi connectivity index (χ2v) is 6.04. The van der Waals surface area contributed by atoms with Gasteiger partial charge < -0.3 is 10.6 Å². The molecule has 2 N–H and O–H groups in total.